The van der Waals surface area contributed by atoms with E-state index in [1.165, 1.54) is 0 Å². The molecule has 0 saturated carbocycles. The van der Waals surface area contributed by atoms with Gasteiger partial charge < -0.3 is 19.7 Å². The number of fused-ring (bicyclic) bond motifs is 1. The van der Waals surface area contributed by atoms with Crippen molar-refractivity contribution in [3.8, 4) is 11.5 Å². The summed E-state index contributed by atoms with van der Waals surface area (Å²) in [6.07, 6.45) is 0.485. The summed E-state index contributed by atoms with van der Waals surface area (Å²) in [6.45, 7) is 0.0731. The first-order valence-corrected chi connectivity index (χ1v) is 8.94. The third-order valence-electron chi connectivity index (χ3n) is 4.56. The van der Waals surface area contributed by atoms with Gasteiger partial charge in [0, 0.05) is 37.3 Å². The maximum Gasteiger partial charge on any atom is 0.257 e. The van der Waals surface area contributed by atoms with Crippen molar-refractivity contribution in [2.75, 3.05) is 32.2 Å². The average Bonchev–Trinajstić information content (AvgIpc) is 2.99. The number of likely N-dealkylation sites (N-methyl/N-ethyl adjacent to an activating group) is 1. The lowest BCUT2D eigenvalue weighted by Gasteiger charge is -2.10. The van der Waals surface area contributed by atoms with Gasteiger partial charge in [0.1, 0.15) is 11.5 Å². The van der Waals surface area contributed by atoms with E-state index < -0.39 is 0 Å². The van der Waals surface area contributed by atoms with Gasteiger partial charge >= 0.3 is 0 Å². The largest absolute Gasteiger partial charge is 0.497 e. The smallest absolute Gasteiger partial charge is 0.257 e. The van der Waals surface area contributed by atoms with E-state index in [0.717, 1.165) is 11.3 Å². The van der Waals surface area contributed by atoms with Crippen LogP contribution in [0.2, 0.25) is 0 Å². The van der Waals surface area contributed by atoms with E-state index in [0.29, 0.717) is 23.5 Å². The summed E-state index contributed by atoms with van der Waals surface area (Å²) in [4.78, 5) is 37.6. The number of ketones is 1. The molecule has 7 heteroatoms. The molecule has 0 spiro atoms. The van der Waals surface area contributed by atoms with E-state index in [-0.39, 0.29) is 37.2 Å². The van der Waals surface area contributed by atoms with Crippen LogP contribution in [0, 0.1) is 0 Å². The van der Waals surface area contributed by atoms with Crippen molar-refractivity contribution < 1.29 is 23.9 Å². The number of amides is 2. The van der Waals surface area contributed by atoms with E-state index in [1.807, 2.05) is 0 Å². The minimum Gasteiger partial charge on any atom is -0.497 e. The first-order valence-electron chi connectivity index (χ1n) is 8.94. The molecule has 2 amide bonds. The number of Topliss-reactive ketones (excluding diaryl/α,β-unsaturated/α-hetero) is 1. The number of hydrogen-bond acceptors (Lipinski definition) is 5. The topological polar surface area (TPSA) is 84.9 Å². The van der Waals surface area contributed by atoms with Crippen molar-refractivity contribution in [3.05, 3.63) is 53.6 Å². The van der Waals surface area contributed by atoms with Gasteiger partial charge in [0.25, 0.3) is 5.91 Å². The molecule has 0 bridgehead atoms. The van der Waals surface area contributed by atoms with Crippen molar-refractivity contribution in [3.63, 3.8) is 0 Å². The minimum atomic E-state index is -0.309. The van der Waals surface area contributed by atoms with Gasteiger partial charge in [0.15, 0.2) is 12.4 Å². The van der Waals surface area contributed by atoms with Crippen LogP contribution in [0.3, 0.4) is 0 Å². The number of methoxy groups -OCH3 is 1. The molecule has 0 atom stereocenters. The van der Waals surface area contributed by atoms with Crippen molar-refractivity contribution in [1.29, 1.82) is 0 Å². The summed E-state index contributed by atoms with van der Waals surface area (Å²) in [5, 5.41) is 2.67. The van der Waals surface area contributed by atoms with E-state index in [1.54, 1.807) is 61.5 Å². The van der Waals surface area contributed by atoms with Crippen LogP contribution in [-0.2, 0) is 16.0 Å². The molecular formula is C21H22N2O5. The maximum absolute atomic E-state index is 12.3. The molecule has 0 fully saturated rings. The number of hydrogen-bond donors (Lipinski definition) is 1. The average molecular weight is 382 g/mol. The number of carbonyl (C=O) groups is 3. The van der Waals surface area contributed by atoms with Crippen LogP contribution in [0.15, 0.2) is 42.5 Å². The normalized spacial score (nSPS) is 12.5. The molecule has 1 aliphatic rings. The molecule has 1 aliphatic heterocycles. The number of nitrogens with one attached hydrogen (secondary N) is 1. The molecule has 1 N–H and O–H groups in total. The molecule has 3 rings (SSSR count). The molecule has 0 aliphatic carbocycles. The van der Waals surface area contributed by atoms with Crippen LogP contribution < -0.4 is 19.7 Å². The molecule has 2 aromatic rings. The Balaban J connectivity index is 1.44. The van der Waals surface area contributed by atoms with E-state index >= 15 is 0 Å². The summed E-state index contributed by atoms with van der Waals surface area (Å²) in [5.74, 6) is 0.799. The molecule has 7 nitrogen and oxygen atoms in total. The van der Waals surface area contributed by atoms with Crippen LogP contribution in [0.5, 0.6) is 11.5 Å². The Morgan fingerprint density at radius 3 is 2.71 bits per heavy atom. The van der Waals surface area contributed by atoms with Crippen molar-refractivity contribution in [2.24, 2.45) is 0 Å². The zero-order valence-corrected chi connectivity index (χ0v) is 15.9. The second-order valence-electron chi connectivity index (χ2n) is 6.46. The van der Waals surface area contributed by atoms with Crippen LogP contribution in [0.1, 0.15) is 22.3 Å². The molecular weight excluding hydrogens is 360 g/mol. The highest BCUT2D eigenvalue weighted by atomic mass is 16.5. The SMILES string of the molecule is COc1cccc(OCC(=O)NCCC(=O)c2ccc3c(c2)CC(=O)N3C)c1. The Labute approximate surface area is 163 Å². The number of benzene rings is 2. The number of nitrogens with zero attached hydrogens (tertiary/aromatic N) is 1. The highest BCUT2D eigenvalue weighted by Crippen LogP contribution is 2.28. The van der Waals surface area contributed by atoms with Crippen LogP contribution >= 0.6 is 0 Å². The highest BCUT2D eigenvalue weighted by Gasteiger charge is 2.24. The zero-order chi connectivity index (χ0) is 20.1. The van der Waals surface area contributed by atoms with Crippen LogP contribution in [-0.4, -0.2) is 44.9 Å². The lowest BCUT2D eigenvalue weighted by Crippen LogP contribution is -2.30. The fourth-order valence-electron chi connectivity index (χ4n) is 2.99. The summed E-state index contributed by atoms with van der Waals surface area (Å²) < 4.78 is 10.5. The van der Waals surface area contributed by atoms with E-state index in [9.17, 15) is 14.4 Å². The first-order chi connectivity index (χ1) is 13.5. The van der Waals surface area contributed by atoms with Gasteiger partial charge in [0.2, 0.25) is 5.91 Å². The number of ether oxygens (including phenoxy) is 2. The van der Waals surface area contributed by atoms with Gasteiger partial charge in [-0.1, -0.05) is 6.07 Å². The summed E-state index contributed by atoms with van der Waals surface area (Å²) in [6, 6.07) is 12.2. The molecule has 28 heavy (non-hydrogen) atoms. The quantitative estimate of drug-likeness (QED) is 0.706. The van der Waals surface area contributed by atoms with Gasteiger partial charge in [-0.2, -0.15) is 0 Å². The molecule has 0 radical (unpaired) electrons. The standard InChI is InChI=1S/C21H22N2O5/c1-23-18-7-6-14(10-15(18)11-21(23)26)19(24)8-9-22-20(25)13-28-17-5-3-4-16(12-17)27-2/h3-7,10,12H,8-9,11,13H2,1-2H3,(H,22,25). The third kappa shape index (κ3) is 4.49. The van der Waals surface area contributed by atoms with Crippen molar-refractivity contribution in [1.82, 2.24) is 5.32 Å². The van der Waals surface area contributed by atoms with E-state index in [2.05, 4.69) is 5.32 Å². The van der Waals surface area contributed by atoms with Gasteiger partial charge in [-0.3, -0.25) is 14.4 Å². The predicted octanol–water partition coefficient (Wildman–Crippen LogP) is 1.98. The minimum absolute atomic E-state index is 0.0166. The molecule has 2 aromatic carbocycles. The van der Waals surface area contributed by atoms with Crippen molar-refractivity contribution in [2.45, 2.75) is 12.8 Å². The number of rotatable bonds is 8. The Morgan fingerprint density at radius 2 is 1.93 bits per heavy atom. The zero-order valence-electron chi connectivity index (χ0n) is 15.9. The fraction of sp³-hybridized carbons (Fsp3) is 0.286. The Bertz CT molecular complexity index is 909. The van der Waals surface area contributed by atoms with Crippen molar-refractivity contribution >= 4 is 23.3 Å². The molecule has 0 aromatic heterocycles. The van der Waals surface area contributed by atoms with Gasteiger partial charge in [-0.05, 0) is 35.9 Å². The van der Waals surface area contributed by atoms with Gasteiger partial charge in [0.05, 0.1) is 13.5 Å². The van der Waals surface area contributed by atoms with Crippen LogP contribution in [0.25, 0.3) is 0 Å². The summed E-state index contributed by atoms with van der Waals surface area (Å²) >= 11 is 0. The second-order valence-corrected chi connectivity index (χ2v) is 6.46. The monoisotopic (exact) mass is 382 g/mol. The van der Waals surface area contributed by atoms with Crippen LogP contribution in [0.4, 0.5) is 5.69 Å². The lowest BCUT2D eigenvalue weighted by atomic mass is 10.0. The van der Waals surface area contributed by atoms with Gasteiger partial charge in [-0.15, -0.1) is 0 Å². The molecule has 0 unspecified atom stereocenters. The second kappa shape index (κ2) is 8.56. The number of carbonyl (C=O) groups excluding carboxylic acids is 3. The van der Waals surface area contributed by atoms with Gasteiger partial charge in [-0.25, -0.2) is 0 Å². The summed E-state index contributed by atoms with van der Waals surface area (Å²) in [7, 11) is 3.28. The maximum atomic E-state index is 12.3. The molecule has 146 valence electrons. The Hall–Kier alpha value is -3.35. The Kier molecular flexibility index (Phi) is 5.93. The lowest BCUT2D eigenvalue weighted by molar-refractivity contribution is -0.123. The fourth-order valence-corrected chi connectivity index (χ4v) is 2.99. The Morgan fingerprint density at radius 1 is 1.14 bits per heavy atom. The predicted molar refractivity (Wildman–Crippen MR) is 104 cm³/mol. The first kappa shape index (κ1) is 19.4. The number of anilines is 1. The highest BCUT2D eigenvalue weighted by molar-refractivity contribution is 6.03. The third-order valence-corrected chi connectivity index (χ3v) is 4.56. The van der Waals surface area contributed by atoms with E-state index in [4.69, 9.17) is 9.47 Å². The molecule has 0 saturated heterocycles. The molecule has 1 heterocycles. The summed E-state index contributed by atoms with van der Waals surface area (Å²) in [5.41, 5.74) is 2.24.